The van der Waals surface area contributed by atoms with Gasteiger partial charge in [0.1, 0.15) is 0 Å². The van der Waals surface area contributed by atoms with Crippen LogP contribution in [0.15, 0.2) is 0 Å². The highest BCUT2D eigenvalue weighted by Gasteiger charge is 2.20. The summed E-state index contributed by atoms with van der Waals surface area (Å²) in [5.74, 6) is 0. The van der Waals surface area contributed by atoms with Gasteiger partial charge < -0.3 is 14.2 Å². The molecule has 0 heterocycles. The third kappa shape index (κ3) is 6.10. The van der Waals surface area contributed by atoms with Gasteiger partial charge in [0, 0.05) is 33.9 Å². The second-order valence-corrected chi connectivity index (χ2v) is 3.89. The van der Waals surface area contributed by atoms with Crippen LogP contribution in [0.1, 0.15) is 13.8 Å². The van der Waals surface area contributed by atoms with Crippen molar-refractivity contribution in [3.63, 3.8) is 0 Å². The van der Waals surface area contributed by atoms with E-state index in [0.29, 0.717) is 25.3 Å². The quantitative estimate of drug-likeness (QED) is 0.579. The van der Waals surface area contributed by atoms with Crippen LogP contribution in [0.4, 0.5) is 0 Å². The molecule has 4 heteroatoms. The van der Waals surface area contributed by atoms with E-state index in [4.69, 9.17) is 14.2 Å². The number of methoxy groups -OCH3 is 3. The normalized spacial score (nSPS) is 12.0. The molecule has 0 rings (SSSR count). The van der Waals surface area contributed by atoms with Crippen LogP contribution in [0.3, 0.4) is 0 Å². The Morgan fingerprint density at radius 3 is 1.80 bits per heavy atom. The molecule has 92 valence electrons. The molecular weight excluding hydrogens is 194 g/mol. The van der Waals surface area contributed by atoms with Gasteiger partial charge in [-0.05, 0) is 13.8 Å². The predicted octanol–water partition coefficient (Wildman–Crippen LogP) is 1.00. The van der Waals surface area contributed by atoms with Gasteiger partial charge in [0.25, 0.3) is 0 Å². The SMILES string of the molecule is COCCN(C(C)C)C(COC)COC. The molecular formula is C11H25NO3. The van der Waals surface area contributed by atoms with E-state index in [0.717, 1.165) is 13.2 Å². The Labute approximate surface area is 93.5 Å². The van der Waals surface area contributed by atoms with Gasteiger partial charge in [-0.1, -0.05) is 0 Å². The first-order chi connectivity index (χ1) is 7.17. The number of hydrogen-bond acceptors (Lipinski definition) is 4. The van der Waals surface area contributed by atoms with Gasteiger partial charge in [0.2, 0.25) is 0 Å². The van der Waals surface area contributed by atoms with Gasteiger partial charge in [-0.15, -0.1) is 0 Å². The molecule has 0 aromatic carbocycles. The Hall–Kier alpha value is -0.160. The summed E-state index contributed by atoms with van der Waals surface area (Å²) >= 11 is 0. The van der Waals surface area contributed by atoms with Crippen LogP contribution in [0, 0.1) is 0 Å². The summed E-state index contributed by atoms with van der Waals surface area (Å²) in [4.78, 5) is 2.34. The van der Waals surface area contributed by atoms with E-state index >= 15 is 0 Å². The third-order valence-electron chi connectivity index (χ3n) is 2.40. The zero-order valence-electron chi connectivity index (χ0n) is 10.7. The summed E-state index contributed by atoms with van der Waals surface area (Å²) in [6, 6.07) is 0.769. The van der Waals surface area contributed by atoms with Crippen molar-refractivity contribution in [3.05, 3.63) is 0 Å². The first-order valence-corrected chi connectivity index (χ1v) is 5.39. The van der Waals surface area contributed by atoms with Crippen molar-refractivity contribution in [2.45, 2.75) is 25.9 Å². The zero-order valence-corrected chi connectivity index (χ0v) is 10.7. The third-order valence-corrected chi connectivity index (χ3v) is 2.40. The molecule has 0 aliphatic carbocycles. The lowest BCUT2D eigenvalue weighted by Crippen LogP contribution is -2.47. The fraction of sp³-hybridized carbons (Fsp3) is 1.00. The standard InChI is InChI=1S/C11H25NO3/c1-10(2)12(6-7-13-3)11(8-14-4)9-15-5/h10-11H,6-9H2,1-5H3. The van der Waals surface area contributed by atoms with E-state index < -0.39 is 0 Å². The molecule has 0 spiro atoms. The van der Waals surface area contributed by atoms with Crippen LogP contribution in [-0.4, -0.2) is 64.7 Å². The van der Waals surface area contributed by atoms with Gasteiger partial charge >= 0.3 is 0 Å². The lowest BCUT2D eigenvalue weighted by Gasteiger charge is -2.33. The summed E-state index contributed by atoms with van der Waals surface area (Å²) in [5, 5.41) is 0. The minimum Gasteiger partial charge on any atom is -0.383 e. The average Bonchev–Trinajstić information content (AvgIpc) is 2.18. The van der Waals surface area contributed by atoms with Crippen molar-refractivity contribution in [2.75, 3.05) is 47.7 Å². The molecule has 0 unspecified atom stereocenters. The lowest BCUT2D eigenvalue weighted by molar-refractivity contribution is 0.00884. The number of rotatable bonds is 9. The second-order valence-electron chi connectivity index (χ2n) is 3.89. The summed E-state index contributed by atoms with van der Waals surface area (Å²) in [6.45, 7) is 7.38. The lowest BCUT2D eigenvalue weighted by atomic mass is 10.2. The maximum atomic E-state index is 5.21. The molecule has 0 aliphatic heterocycles. The van der Waals surface area contributed by atoms with Crippen molar-refractivity contribution >= 4 is 0 Å². The van der Waals surface area contributed by atoms with Gasteiger partial charge in [-0.2, -0.15) is 0 Å². The first-order valence-electron chi connectivity index (χ1n) is 5.39. The molecule has 0 fully saturated rings. The van der Waals surface area contributed by atoms with E-state index in [2.05, 4.69) is 18.7 Å². The Balaban J connectivity index is 4.23. The van der Waals surface area contributed by atoms with E-state index in [1.165, 1.54) is 0 Å². The molecule has 0 saturated carbocycles. The van der Waals surface area contributed by atoms with Crippen molar-refractivity contribution in [2.24, 2.45) is 0 Å². The Bertz CT molecular complexity index is 136. The number of nitrogens with zero attached hydrogens (tertiary/aromatic N) is 1. The Morgan fingerprint density at radius 1 is 0.933 bits per heavy atom. The van der Waals surface area contributed by atoms with Crippen LogP contribution in [0.5, 0.6) is 0 Å². The van der Waals surface area contributed by atoms with E-state index in [9.17, 15) is 0 Å². The van der Waals surface area contributed by atoms with Crippen molar-refractivity contribution in [1.29, 1.82) is 0 Å². The van der Waals surface area contributed by atoms with Crippen LogP contribution in [0.25, 0.3) is 0 Å². The summed E-state index contributed by atoms with van der Waals surface area (Å²) < 4.78 is 15.5. The monoisotopic (exact) mass is 219 g/mol. The minimum absolute atomic E-state index is 0.301. The Kier molecular flexibility index (Phi) is 9.00. The molecule has 0 aromatic heterocycles. The number of hydrogen-bond donors (Lipinski definition) is 0. The molecule has 0 amide bonds. The molecule has 0 N–H and O–H groups in total. The maximum absolute atomic E-state index is 5.21. The van der Waals surface area contributed by atoms with Gasteiger partial charge in [0.15, 0.2) is 0 Å². The molecule has 15 heavy (non-hydrogen) atoms. The van der Waals surface area contributed by atoms with E-state index in [1.54, 1.807) is 21.3 Å². The minimum atomic E-state index is 0.301. The Morgan fingerprint density at radius 2 is 1.47 bits per heavy atom. The molecule has 0 saturated heterocycles. The van der Waals surface area contributed by atoms with Crippen LogP contribution in [0.2, 0.25) is 0 Å². The molecule has 0 atom stereocenters. The average molecular weight is 219 g/mol. The summed E-state index contributed by atoms with van der Waals surface area (Å²) in [6.07, 6.45) is 0. The van der Waals surface area contributed by atoms with Crippen LogP contribution >= 0.6 is 0 Å². The first kappa shape index (κ1) is 14.8. The largest absolute Gasteiger partial charge is 0.383 e. The second kappa shape index (κ2) is 9.09. The maximum Gasteiger partial charge on any atom is 0.0640 e. The topological polar surface area (TPSA) is 30.9 Å². The van der Waals surface area contributed by atoms with Crippen LogP contribution < -0.4 is 0 Å². The molecule has 0 aliphatic rings. The predicted molar refractivity (Wildman–Crippen MR) is 61.3 cm³/mol. The fourth-order valence-electron chi connectivity index (χ4n) is 1.68. The summed E-state index contributed by atoms with van der Waals surface area (Å²) in [5.41, 5.74) is 0. The molecule has 0 bridgehead atoms. The molecule has 0 aromatic rings. The van der Waals surface area contributed by atoms with Crippen molar-refractivity contribution in [1.82, 2.24) is 4.90 Å². The van der Waals surface area contributed by atoms with Gasteiger partial charge in [-0.25, -0.2) is 0 Å². The molecule has 4 nitrogen and oxygen atoms in total. The van der Waals surface area contributed by atoms with E-state index in [1.807, 2.05) is 0 Å². The fourth-order valence-corrected chi connectivity index (χ4v) is 1.68. The highest BCUT2D eigenvalue weighted by atomic mass is 16.5. The highest BCUT2D eigenvalue weighted by molar-refractivity contribution is 4.74. The molecule has 0 radical (unpaired) electrons. The summed E-state index contributed by atoms with van der Waals surface area (Å²) in [7, 11) is 5.16. The van der Waals surface area contributed by atoms with Crippen LogP contribution in [-0.2, 0) is 14.2 Å². The van der Waals surface area contributed by atoms with Gasteiger partial charge in [0.05, 0.1) is 25.9 Å². The van der Waals surface area contributed by atoms with E-state index in [-0.39, 0.29) is 0 Å². The van der Waals surface area contributed by atoms with Crippen molar-refractivity contribution in [3.8, 4) is 0 Å². The smallest absolute Gasteiger partial charge is 0.0640 e. The highest BCUT2D eigenvalue weighted by Crippen LogP contribution is 2.06. The zero-order chi connectivity index (χ0) is 11.7. The number of ether oxygens (including phenoxy) is 3. The van der Waals surface area contributed by atoms with Gasteiger partial charge in [-0.3, -0.25) is 4.90 Å². The van der Waals surface area contributed by atoms with Crippen molar-refractivity contribution < 1.29 is 14.2 Å².